The molecule has 1 fully saturated rings. The molecular formula is C40H62N6O6. The van der Waals surface area contributed by atoms with Gasteiger partial charge in [-0.15, -0.1) is 0 Å². The number of hydrogen-bond acceptors (Lipinski definition) is 8. The van der Waals surface area contributed by atoms with Gasteiger partial charge >= 0.3 is 12.0 Å². The number of aryl methyl sites for hydroxylation is 2. The van der Waals surface area contributed by atoms with E-state index >= 15 is 0 Å². The number of carbonyl (C=O) groups is 3. The predicted molar refractivity (Wildman–Crippen MR) is 203 cm³/mol. The van der Waals surface area contributed by atoms with E-state index in [1.807, 2.05) is 13.8 Å². The molecule has 288 valence electrons. The lowest BCUT2D eigenvalue weighted by atomic mass is 9.84. The molecule has 1 unspecified atom stereocenters. The number of pyridine rings is 2. The Balaban J connectivity index is 1.20. The number of nitrogens with one attached hydrogen (secondary N) is 2. The molecule has 1 saturated heterocycles. The average Bonchev–Trinajstić information content (AvgIpc) is 3.47. The summed E-state index contributed by atoms with van der Waals surface area (Å²) in [6.07, 6.45) is 8.54. The minimum absolute atomic E-state index is 0.0623. The Morgan fingerprint density at radius 3 is 2.54 bits per heavy atom. The highest BCUT2D eigenvalue weighted by atomic mass is 16.5. The van der Waals surface area contributed by atoms with E-state index in [0.717, 1.165) is 63.0 Å². The molecule has 52 heavy (non-hydrogen) atoms. The smallest absolute Gasteiger partial charge is 0.320 e. The van der Waals surface area contributed by atoms with Crippen molar-refractivity contribution in [2.75, 3.05) is 51.3 Å². The molecule has 4 heterocycles. The Kier molecular flexibility index (Phi) is 14.3. The summed E-state index contributed by atoms with van der Waals surface area (Å²) < 4.78 is 12.2. The van der Waals surface area contributed by atoms with Crippen molar-refractivity contribution in [2.45, 2.75) is 118 Å². The van der Waals surface area contributed by atoms with Crippen LogP contribution in [-0.4, -0.2) is 94.3 Å². The van der Waals surface area contributed by atoms with Crippen molar-refractivity contribution in [1.82, 2.24) is 25.1 Å². The normalized spacial score (nSPS) is 16.6. The third-order valence-corrected chi connectivity index (χ3v) is 10.2. The number of carbonyl (C=O) groups excluding carboxylic acids is 2. The van der Waals surface area contributed by atoms with Crippen molar-refractivity contribution in [1.29, 1.82) is 0 Å². The fourth-order valence-corrected chi connectivity index (χ4v) is 6.41. The molecule has 2 atom stereocenters. The van der Waals surface area contributed by atoms with Gasteiger partial charge in [0.15, 0.2) is 0 Å². The molecule has 0 bridgehead atoms. The van der Waals surface area contributed by atoms with Gasteiger partial charge in [0.1, 0.15) is 5.82 Å². The summed E-state index contributed by atoms with van der Waals surface area (Å²) in [5.74, 6) is 0.320. The summed E-state index contributed by atoms with van der Waals surface area (Å²) in [5, 5.41) is 16.1. The fourth-order valence-electron chi connectivity index (χ4n) is 6.41. The van der Waals surface area contributed by atoms with Crippen LogP contribution in [0.1, 0.15) is 116 Å². The summed E-state index contributed by atoms with van der Waals surface area (Å²) in [5.41, 5.74) is 2.19. The van der Waals surface area contributed by atoms with E-state index < -0.39 is 17.4 Å². The van der Waals surface area contributed by atoms with Gasteiger partial charge < -0.3 is 35.0 Å². The molecule has 0 aromatic carbocycles. The van der Waals surface area contributed by atoms with Crippen LogP contribution in [0.25, 0.3) is 0 Å². The van der Waals surface area contributed by atoms with Crippen LogP contribution < -0.4 is 15.4 Å². The lowest BCUT2D eigenvalue weighted by Crippen LogP contribution is -2.43. The second-order valence-electron chi connectivity index (χ2n) is 16.4. The molecule has 3 amide bonds. The van der Waals surface area contributed by atoms with Gasteiger partial charge in [-0.3, -0.25) is 9.59 Å². The lowest BCUT2D eigenvalue weighted by Gasteiger charge is -2.35. The van der Waals surface area contributed by atoms with Crippen molar-refractivity contribution in [3.63, 3.8) is 0 Å². The number of urea groups is 1. The second kappa shape index (κ2) is 18.2. The molecule has 12 nitrogen and oxygen atoms in total. The van der Waals surface area contributed by atoms with Gasteiger partial charge in [0.2, 0.25) is 11.8 Å². The third-order valence-electron chi connectivity index (χ3n) is 10.2. The number of ether oxygens (including phenoxy) is 2. The molecule has 0 radical (unpaired) electrons. The number of rotatable bonds is 20. The number of nitrogens with zero attached hydrogens (tertiary/aromatic N) is 4. The number of aromatic nitrogens is 2. The molecule has 0 aliphatic carbocycles. The zero-order valence-electron chi connectivity index (χ0n) is 32.6. The van der Waals surface area contributed by atoms with E-state index in [1.54, 1.807) is 28.1 Å². The summed E-state index contributed by atoms with van der Waals surface area (Å²) in [6, 6.07) is 6.89. The van der Waals surface area contributed by atoms with Crippen LogP contribution in [0.4, 0.5) is 10.6 Å². The van der Waals surface area contributed by atoms with Crippen molar-refractivity contribution in [2.24, 2.45) is 10.8 Å². The molecule has 12 heteroatoms. The molecule has 2 aromatic rings. The molecular weight excluding hydrogens is 660 g/mol. The SMILES string of the molecule is CCC(C)(CCC(C)(C)C)OCC(C)(C)C(=O)NCCCOc1ccc([C@H](CC(=O)O)N2CCN(CCCc3ccc4c(n3)NCCC4)C2=O)cn1. The second-order valence-corrected chi connectivity index (χ2v) is 16.4. The van der Waals surface area contributed by atoms with Crippen molar-refractivity contribution in [3.8, 4) is 5.88 Å². The van der Waals surface area contributed by atoms with Crippen LogP contribution in [0.3, 0.4) is 0 Å². The molecule has 2 aromatic heterocycles. The number of amides is 3. The fraction of sp³-hybridized carbons (Fsp3) is 0.675. The van der Waals surface area contributed by atoms with E-state index in [9.17, 15) is 19.5 Å². The first-order valence-electron chi connectivity index (χ1n) is 19.1. The Labute approximate surface area is 310 Å². The van der Waals surface area contributed by atoms with Gasteiger partial charge in [-0.05, 0) is 94.7 Å². The highest BCUT2D eigenvalue weighted by Gasteiger charge is 2.36. The first-order valence-corrected chi connectivity index (χ1v) is 19.1. The molecule has 2 aliphatic heterocycles. The maximum absolute atomic E-state index is 13.4. The summed E-state index contributed by atoms with van der Waals surface area (Å²) in [4.78, 5) is 50.8. The highest BCUT2D eigenvalue weighted by Crippen LogP contribution is 2.32. The monoisotopic (exact) mass is 722 g/mol. The Bertz CT molecular complexity index is 1490. The number of aliphatic carboxylic acids is 1. The molecule has 0 saturated carbocycles. The molecule has 4 rings (SSSR count). The zero-order chi connectivity index (χ0) is 37.9. The van der Waals surface area contributed by atoms with Gasteiger partial charge in [-0.25, -0.2) is 14.8 Å². The van der Waals surface area contributed by atoms with Gasteiger partial charge in [0.25, 0.3) is 0 Å². The van der Waals surface area contributed by atoms with Crippen molar-refractivity contribution < 1.29 is 29.0 Å². The summed E-state index contributed by atoms with van der Waals surface area (Å²) >= 11 is 0. The third kappa shape index (κ3) is 12.1. The highest BCUT2D eigenvalue weighted by molar-refractivity contribution is 5.82. The van der Waals surface area contributed by atoms with Crippen LogP contribution in [0.15, 0.2) is 30.5 Å². The van der Waals surface area contributed by atoms with Crippen molar-refractivity contribution in [3.05, 3.63) is 47.3 Å². The average molecular weight is 723 g/mol. The van der Waals surface area contributed by atoms with Crippen LogP contribution >= 0.6 is 0 Å². The van der Waals surface area contributed by atoms with E-state index in [1.165, 1.54) is 5.56 Å². The number of carboxylic acids is 1. The minimum Gasteiger partial charge on any atom is -0.481 e. The van der Waals surface area contributed by atoms with Gasteiger partial charge in [0, 0.05) is 50.7 Å². The predicted octanol–water partition coefficient (Wildman–Crippen LogP) is 6.64. The summed E-state index contributed by atoms with van der Waals surface area (Å²) in [6.45, 7) is 18.4. The summed E-state index contributed by atoms with van der Waals surface area (Å²) in [7, 11) is 0. The first kappa shape index (κ1) is 40.8. The zero-order valence-corrected chi connectivity index (χ0v) is 32.6. The molecule has 2 aliphatic rings. The van der Waals surface area contributed by atoms with Gasteiger partial charge in [-0.2, -0.15) is 0 Å². The maximum Gasteiger partial charge on any atom is 0.320 e. The minimum atomic E-state index is -0.986. The Hall–Kier alpha value is -3.93. The largest absolute Gasteiger partial charge is 0.481 e. The van der Waals surface area contributed by atoms with E-state index in [4.69, 9.17) is 14.5 Å². The molecule has 0 spiro atoms. The quantitative estimate of drug-likeness (QED) is 0.128. The van der Waals surface area contributed by atoms with Gasteiger partial charge in [-0.1, -0.05) is 39.8 Å². The number of carboxylic acid groups (broad SMARTS) is 1. The Morgan fingerprint density at radius 2 is 1.85 bits per heavy atom. The van der Waals surface area contributed by atoms with E-state index in [2.05, 4.69) is 62.4 Å². The Morgan fingerprint density at radius 1 is 1.06 bits per heavy atom. The standard InChI is InChI=1S/C40H62N6O6/c1-8-40(7,19-18-38(2,3)4)52-28-39(5,6)36(49)42-21-11-25-51-33-17-15-30(27-43-33)32(26-34(47)48)46-24-23-45(37(46)50)22-10-13-31-16-14-29-12-9-20-41-35(29)44-31/h14-17,27,32H,8-13,18-26,28H2,1-7H3,(H,41,44)(H,42,49)(H,47,48)/t32-,40?/m0/s1. The topological polar surface area (TPSA) is 146 Å². The maximum atomic E-state index is 13.4. The first-order chi connectivity index (χ1) is 24.6. The van der Waals surface area contributed by atoms with E-state index in [0.29, 0.717) is 57.3 Å². The van der Waals surface area contributed by atoms with Crippen LogP contribution in [-0.2, 0) is 27.2 Å². The van der Waals surface area contributed by atoms with Crippen LogP contribution in [0.5, 0.6) is 5.88 Å². The van der Waals surface area contributed by atoms with Crippen LogP contribution in [0.2, 0.25) is 0 Å². The van der Waals surface area contributed by atoms with E-state index in [-0.39, 0.29) is 29.4 Å². The molecule has 3 N–H and O–H groups in total. The van der Waals surface area contributed by atoms with Crippen LogP contribution in [0, 0.1) is 10.8 Å². The number of hydrogen-bond donors (Lipinski definition) is 3. The number of fused-ring (bicyclic) bond motifs is 1. The lowest BCUT2D eigenvalue weighted by molar-refractivity contribution is -0.139. The number of anilines is 1. The van der Waals surface area contributed by atoms with Crippen molar-refractivity contribution >= 4 is 23.7 Å². The van der Waals surface area contributed by atoms with Gasteiger partial charge in [0.05, 0.1) is 36.7 Å².